The molecule has 0 aliphatic heterocycles. The number of hydrogen-bond acceptors (Lipinski definition) is 0. The lowest BCUT2D eigenvalue weighted by molar-refractivity contribution is 1.08. The first-order valence-electron chi connectivity index (χ1n) is 2.46. The molecule has 0 unspecified atom stereocenters. The van der Waals surface area contributed by atoms with Gasteiger partial charge in [-0.3, -0.25) is 0 Å². The zero-order valence-corrected chi connectivity index (χ0v) is 4.65. The van der Waals surface area contributed by atoms with Gasteiger partial charge in [0.25, 0.3) is 0 Å². The van der Waals surface area contributed by atoms with E-state index in [1.807, 2.05) is 13.0 Å². The summed E-state index contributed by atoms with van der Waals surface area (Å²) in [4.78, 5) is 0. The third-order valence-corrected chi connectivity index (χ3v) is 0.691. The summed E-state index contributed by atoms with van der Waals surface area (Å²) in [5.41, 5.74) is 0. The molecule has 0 aliphatic rings. The van der Waals surface area contributed by atoms with Crippen LogP contribution in [0.25, 0.3) is 0 Å². The molecule has 0 aromatic heterocycles. The third kappa shape index (κ3) is 5.30. The lowest BCUT2D eigenvalue weighted by atomic mass is 10.3. The second-order valence-corrected chi connectivity index (χ2v) is 1.31. The highest BCUT2D eigenvalue weighted by Gasteiger charge is 1.68. The maximum Gasteiger partial charge on any atom is 0.0121 e. The Bertz CT molecular complexity index is 82.7. The van der Waals surface area contributed by atoms with Gasteiger partial charge in [0.2, 0.25) is 0 Å². The zero-order valence-electron chi connectivity index (χ0n) is 4.65. The van der Waals surface area contributed by atoms with Crippen molar-refractivity contribution in [1.29, 1.82) is 0 Å². The maximum atomic E-state index is 4.99. The molecule has 0 nitrogen and oxygen atoms in total. The van der Waals surface area contributed by atoms with Crippen molar-refractivity contribution in [2.75, 3.05) is 0 Å². The minimum absolute atomic E-state index is 0.865. The van der Waals surface area contributed by atoms with E-state index in [0.29, 0.717) is 0 Å². The highest BCUT2D eigenvalue weighted by Crippen LogP contribution is 1.85. The molecule has 0 radical (unpaired) electrons. The van der Waals surface area contributed by atoms with Crippen LogP contribution in [0.2, 0.25) is 0 Å². The topological polar surface area (TPSA) is 0 Å². The molecular formula is C7H10. The lowest BCUT2D eigenvalue weighted by Crippen LogP contribution is -1.59. The molecule has 0 atom stereocenters. The van der Waals surface area contributed by atoms with Crippen LogP contribution < -0.4 is 0 Å². The van der Waals surface area contributed by atoms with Crippen LogP contribution in [0.3, 0.4) is 0 Å². The highest BCUT2D eigenvalue weighted by molar-refractivity contribution is 4.88. The van der Waals surface area contributed by atoms with E-state index in [9.17, 15) is 0 Å². The SMILES string of the molecule is C#CCCC=CC. The first-order valence-corrected chi connectivity index (χ1v) is 2.46. The molecule has 0 rings (SSSR count). The fourth-order valence-electron chi connectivity index (χ4n) is 0.333. The van der Waals surface area contributed by atoms with Crippen LogP contribution in [0.1, 0.15) is 19.8 Å². The van der Waals surface area contributed by atoms with Crippen molar-refractivity contribution in [3.63, 3.8) is 0 Å². The van der Waals surface area contributed by atoms with Gasteiger partial charge in [-0.1, -0.05) is 12.2 Å². The van der Waals surface area contributed by atoms with Crippen LogP contribution in [-0.2, 0) is 0 Å². The van der Waals surface area contributed by atoms with Gasteiger partial charge >= 0.3 is 0 Å². The Kier molecular flexibility index (Phi) is 4.77. The fraction of sp³-hybridized carbons (Fsp3) is 0.429. The van der Waals surface area contributed by atoms with Crippen molar-refractivity contribution in [2.24, 2.45) is 0 Å². The third-order valence-electron chi connectivity index (χ3n) is 0.691. The predicted octanol–water partition coefficient (Wildman–Crippen LogP) is 1.98. The molecule has 0 spiro atoms. The maximum absolute atomic E-state index is 4.99. The van der Waals surface area contributed by atoms with Gasteiger partial charge in [0.05, 0.1) is 0 Å². The van der Waals surface area contributed by atoms with Crippen molar-refractivity contribution in [3.8, 4) is 12.3 Å². The van der Waals surface area contributed by atoms with Gasteiger partial charge in [-0.25, -0.2) is 0 Å². The molecule has 0 aromatic carbocycles. The van der Waals surface area contributed by atoms with E-state index in [2.05, 4.69) is 12.0 Å². The minimum Gasteiger partial charge on any atom is -0.120 e. The molecular weight excluding hydrogens is 84.1 g/mol. The quantitative estimate of drug-likeness (QED) is 0.279. The van der Waals surface area contributed by atoms with Gasteiger partial charge in [-0.05, 0) is 13.3 Å². The highest BCUT2D eigenvalue weighted by atomic mass is 13.7. The Morgan fingerprint density at radius 2 is 2.43 bits per heavy atom. The van der Waals surface area contributed by atoms with Crippen LogP contribution >= 0.6 is 0 Å². The van der Waals surface area contributed by atoms with E-state index < -0.39 is 0 Å². The molecule has 38 valence electrons. The molecule has 0 aromatic rings. The van der Waals surface area contributed by atoms with Gasteiger partial charge in [0.1, 0.15) is 0 Å². The molecule has 0 N–H and O–H groups in total. The lowest BCUT2D eigenvalue weighted by Gasteiger charge is -1.76. The van der Waals surface area contributed by atoms with Crippen molar-refractivity contribution in [3.05, 3.63) is 12.2 Å². The Balaban J connectivity index is 2.87. The minimum atomic E-state index is 0.865. The van der Waals surface area contributed by atoms with Gasteiger partial charge in [-0.15, -0.1) is 12.3 Å². The summed E-state index contributed by atoms with van der Waals surface area (Å²) in [6, 6.07) is 0. The van der Waals surface area contributed by atoms with E-state index in [0.717, 1.165) is 12.8 Å². The van der Waals surface area contributed by atoms with E-state index >= 15 is 0 Å². The largest absolute Gasteiger partial charge is 0.120 e. The number of hydrogen-bond donors (Lipinski definition) is 0. The van der Waals surface area contributed by atoms with Crippen LogP contribution in [0.4, 0.5) is 0 Å². The summed E-state index contributed by atoms with van der Waals surface area (Å²) in [6.07, 6.45) is 11.0. The van der Waals surface area contributed by atoms with Crippen LogP contribution in [-0.4, -0.2) is 0 Å². The Morgan fingerprint density at radius 3 is 2.86 bits per heavy atom. The predicted molar refractivity (Wildman–Crippen MR) is 32.9 cm³/mol. The van der Waals surface area contributed by atoms with Crippen LogP contribution in [0.15, 0.2) is 12.2 Å². The number of allylic oxidation sites excluding steroid dienone is 2. The van der Waals surface area contributed by atoms with Gasteiger partial charge < -0.3 is 0 Å². The molecule has 7 heavy (non-hydrogen) atoms. The summed E-state index contributed by atoms with van der Waals surface area (Å²) >= 11 is 0. The van der Waals surface area contributed by atoms with Gasteiger partial charge in [-0.2, -0.15) is 0 Å². The number of unbranched alkanes of at least 4 members (excludes halogenated alkanes) is 1. The van der Waals surface area contributed by atoms with Crippen molar-refractivity contribution < 1.29 is 0 Å². The number of terminal acetylenes is 1. The molecule has 0 bridgehead atoms. The smallest absolute Gasteiger partial charge is 0.0121 e. The first-order chi connectivity index (χ1) is 3.41. The number of rotatable bonds is 2. The summed E-state index contributed by atoms with van der Waals surface area (Å²) in [5, 5.41) is 0. The van der Waals surface area contributed by atoms with Crippen molar-refractivity contribution in [1.82, 2.24) is 0 Å². The van der Waals surface area contributed by atoms with Crippen molar-refractivity contribution in [2.45, 2.75) is 19.8 Å². The second kappa shape index (κ2) is 5.30. The Morgan fingerprint density at radius 1 is 1.71 bits per heavy atom. The van der Waals surface area contributed by atoms with E-state index in [-0.39, 0.29) is 0 Å². The molecule has 0 saturated heterocycles. The summed E-state index contributed by atoms with van der Waals surface area (Å²) in [6.45, 7) is 2.00. The average molecular weight is 94.2 g/mol. The summed E-state index contributed by atoms with van der Waals surface area (Å²) in [7, 11) is 0. The van der Waals surface area contributed by atoms with E-state index in [1.165, 1.54) is 0 Å². The standard InChI is InChI=1S/C7H10/c1-3-5-7-6-4-2/h1,4,6H,5,7H2,2H3. The fourth-order valence-corrected chi connectivity index (χ4v) is 0.333. The Labute approximate surface area is 45.2 Å². The van der Waals surface area contributed by atoms with Gasteiger partial charge in [0.15, 0.2) is 0 Å². The van der Waals surface area contributed by atoms with Crippen LogP contribution in [0.5, 0.6) is 0 Å². The van der Waals surface area contributed by atoms with Crippen molar-refractivity contribution >= 4 is 0 Å². The molecule has 0 fully saturated rings. The molecule has 0 aliphatic carbocycles. The molecule has 0 amide bonds. The van der Waals surface area contributed by atoms with E-state index in [1.54, 1.807) is 0 Å². The molecule has 0 heteroatoms. The van der Waals surface area contributed by atoms with E-state index in [4.69, 9.17) is 6.42 Å². The molecule has 0 saturated carbocycles. The van der Waals surface area contributed by atoms with Gasteiger partial charge in [0, 0.05) is 6.42 Å². The van der Waals surface area contributed by atoms with Crippen LogP contribution in [0, 0.1) is 12.3 Å². The molecule has 0 heterocycles. The first kappa shape index (κ1) is 6.30. The monoisotopic (exact) mass is 94.1 g/mol. The summed E-state index contributed by atoms with van der Waals surface area (Å²) < 4.78 is 0. The summed E-state index contributed by atoms with van der Waals surface area (Å²) in [5.74, 6) is 2.55. The zero-order chi connectivity index (χ0) is 5.54. The normalized spacial score (nSPS) is 9.14. The Hall–Kier alpha value is -0.700. The average Bonchev–Trinajstić information content (AvgIpc) is 1.69. The second-order valence-electron chi connectivity index (χ2n) is 1.31.